The Morgan fingerprint density at radius 1 is 1.26 bits per heavy atom. The lowest BCUT2D eigenvalue weighted by atomic mass is 10.0. The Balaban J connectivity index is 1.60. The average Bonchev–Trinajstić information content (AvgIpc) is 3.02. The molecule has 0 N–H and O–H groups in total. The molecule has 2 aliphatic rings. The molecule has 1 aromatic rings. The standard InChI is InChI=1S/C17H23NO/c1-2-3-13-4-7-15(8-5-13)17(19)12-18-11-14-6-9-16(18)10-14/h4-5,7-8,14,16H,2-3,6,9-12H2,1H3. The van der Waals surface area contributed by atoms with Gasteiger partial charge in [-0.3, -0.25) is 9.69 Å². The molecule has 2 unspecified atom stereocenters. The fourth-order valence-corrected chi connectivity index (χ4v) is 3.64. The van der Waals surface area contributed by atoms with Crippen LogP contribution in [0, 0.1) is 5.92 Å². The van der Waals surface area contributed by atoms with Crippen molar-refractivity contribution in [1.82, 2.24) is 4.90 Å². The molecule has 2 bridgehead atoms. The lowest BCUT2D eigenvalue weighted by Crippen LogP contribution is -2.36. The predicted molar refractivity (Wildman–Crippen MR) is 77.5 cm³/mol. The molecule has 1 aromatic carbocycles. The van der Waals surface area contributed by atoms with Crippen LogP contribution in [0.2, 0.25) is 0 Å². The highest BCUT2D eigenvalue weighted by Gasteiger charge is 2.38. The quantitative estimate of drug-likeness (QED) is 0.754. The minimum atomic E-state index is 0.288. The molecule has 19 heavy (non-hydrogen) atoms. The maximum atomic E-state index is 12.3. The predicted octanol–water partition coefficient (Wildman–Crippen LogP) is 3.31. The molecular weight excluding hydrogens is 234 g/mol. The summed E-state index contributed by atoms with van der Waals surface area (Å²) in [6.45, 7) is 3.94. The van der Waals surface area contributed by atoms with Crippen LogP contribution >= 0.6 is 0 Å². The van der Waals surface area contributed by atoms with Crippen LogP contribution in [0.15, 0.2) is 24.3 Å². The van der Waals surface area contributed by atoms with E-state index in [1.807, 2.05) is 12.1 Å². The maximum Gasteiger partial charge on any atom is 0.176 e. The SMILES string of the molecule is CCCc1ccc(C(=O)CN2CC3CCC2C3)cc1. The number of benzene rings is 1. The van der Waals surface area contributed by atoms with E-state index in [2.05, 4.69) is 24.0 Å². The number of carbonyl (C=O) groups is 1. The molecule has 1 heterocycles. The van der Waals surface area contributed by atoms with Gasteiger partial charge in [0.2, 0.25) is 0 Å². The summed E-state index contributed by atoms with van der Waals surface area (Å²) >= 11 is 0. The molecule has 0 radical (unpaired) electrons. The van der Waals surface area contributed by atoms with Crippen LogP contribution in [0.25, 0.3) is 0 Å². The largest absolute Gasteiger partial charge is 0.293 e. The zero-order valence-electron chi connectivity index (χ0n) is 11.8. The van der Waals surface area contributed by atoms with E-state index in [0.29, 0.717) is 12.6 Å². The van der Waals surface area contributed by atoms with Gasteiger partial charge >= 0.3 is 0 Å². The third kappa shape index (κ3) is 2.74. The molecular formula is C17H23NO. The first kappa shape index (κ1) is 12.9. The summed E-state index contributed by atoms with van der Waals surface area (Å²) in [6, 6.07) is 8.90. The molecule has 2 atom stereocenters. The number of carbonyl (C=O) groups excluding carboxylic acids is 1. The van der Waals surface area contributed by atoms with E-state index in [9.17, 15) is 4.79 Å². The van der Waals surface area contributed by atoms with E-state index in [1.54, 1.807) is 0 Å². The van der Waals surface area contributed by atoms with Crippen molar-refractivity contribution in [3.63, 3.8) is 0 Å². The van der Waals surface area contributed by atoms with Gasteiger partial charge in [-0.1, -0.05) is 37.6 Å². The molecule has 0 spiro atoms. The van der Waals surface area contributed by atoms with Crippen molar-refractivity contribution in [2.75, 3.05) is 13.1 Å². The molecule has 1 saturated heterocycles. The summed E-state index contributed by atoms with van der Waals surface area (Å²) in [6.07, 6.45) is 6.26. The number of rotatable bonds is 5. The number of fused-ring (bicyclic) bond motifs is 2. The molecule has 102 valence electrons. The number of hydrogen-bond donors (Lipinski definition) is 0. The fourth-order valence-electron chi connectivity index (χ4n) is 3.64. The Hall–Kier alpha value is -1.15. The highest BCUT2D eigenvalue weighted by Crippen LogP contribution is 2.37. The highest BCUT2D eigenvalue weighted by atomic mass is 16.1. The molecule has 1 saturated carbocycles. The second-order valence-corrected chi connectivity index (χ2v) is 6.13. The zero-order valence-corrected chi connectivity index (χ0v) is 11.8. The van der Waals surface area contributed by atoms with Crippen molar-refractivity contribution >= 4 is 5.78 Å². The molecule has 3 rings (SSSR count). The number of likely N-dealkylation sites (tertiary alicyclic amines) is 1. The van der Waals surface area contributed by atoms with E-state index >= 15 is 0 Å². The van der Waals surface area contributed by atoms with Crippen LogP contribution in [0.5, 0.6) is 0 Å². The zero-order chi connectivity index (χ0) is 13.2. The van der Waals surface area contributed by atoms with Gasteiger partial charge in [-0.2, -0.15) is 0 Å². The minimum absolute atomic E-state index is 0.288. The van der Waals surface area contributed by atoms with Crippen LogP contribution in [-0.2, 0) is 6.42 Å². The van der Waals surface area contributed by atoms with E-state index in [-0.39, 0.29) is 5.78 Å². The molecule has 2 heteroatoms. The van der Waals surface area contributed by atoms with E-state index in [4.69, 9.17) is 0 Å². The van der Waals surface area contributed by atoms with Crippen molar-refractivity contribution in [3.05, 3.63) is 35.4 Å². The average molecular weight is 257 g/mol. The van der Waals surface area contributed by atoms with Crippen LogP contribution < -0.4 is 0 Å². The van der Waals surface area contributed by atoms with Crippen molar-refractivity contribution < 1.29 is 4.79 Å². The van der Waals surface area contributed by atoms with Gasteiger partial charge in [-0.25, -0.2) is 0 Å². The summed E-state index contributed by atoms with van der Waals surface area (Å²) in [5, 5.41) is 0. The van der Waals surface area contributed by atoms with E-state index in [0.717, 1.165) is 30.9 Å². The highest BCUT2D eigenvalue weighted by molar-refractivity contribution is 5.97. The first-order chi connectivity index (χ1) is 9.26. The second kappa shape index (κ2) is 5.46. The minimum Gasteiger partial charge on any atom is -0.293 e. The van der Waals surface area contributed by atoms with Crippen molar-refractivity contribution in [1.29, 1.82) is 0 Å². The fraction of sp³-hybridized carbons (Fsp3) is 0.588. The summed E-state index contributed by atoms with van der Waals surface area (Å²) < 4.78 is 0. The van der Waals surface area contributed by atoms with Gasteiger partial charge in [-0.15, -0.1) is 0 Å². The molecule has 0 aromatic heterocycles. The topological polar surface area (TPSA) is 20.3 Å². The van der Waals surface area contributed by atoms with E-state index < -0.39 is 0 Å². The van der Waals surface area contributed by atoms with Crippen LogP contribution in [0.1, 0.15) is 48.5 Å². The van der Waals surface area contributed by atoms with Gasteiger partial charge in [-0.05, 0) is 37.2 Å². The summed E-state index contributed by atoms with van der Waals surface area (Å²) in [4.78, 5) is 14.7. The Morgan fingerprint density at radius 3 is 2.63 bits per heavy atom. The lowest BCUT2D eigenvalue weighted by molar-refractivity contribution is 0.0905. The van der Waals surface area contributed by atoms with Crippen LogP contribution in [0.3, 0.4) is 0 Å². The van der Waals surface area contributed by atoms with Crippen molar-refractivity contribution in [2.24, 2.45) is 5.92 Å². The number of ketones is 1. The number of nitrogens with zero attached hydrogens (tertiary/aromatic N) is 1. The molecule has 1 aliphatic heterocycles. The smallest absolute Gasteiger partial charge is 0.176 e. The van der Waals surface area contributed by atoms with Crippen molar-refractivity contribution in [2.45, 2.75) is 45.1 Å². The third-order valence-corrected chi connectivity index (χ3v) is 4.68. The second-order valence-electron chi connectivity index (χ2n) is 6.13. The maximum absolute atomic E-state index is 12.3. The lowest BCUT2D eigenvalue weighted by Gasteiger charge is -2.25. The molecule has 2 nitrogen and oxygen atoms in total. The first-order valence-electron chi connectivity index (χ1n) is 7.62. The van der Waals surface area contributed by atoms with Gasteiger partial charge in [0.25, 0.3) is 0 Å². The van der Waals surface area contributed by atoms with Crippen LogP contribution in [-0.4, -0.2) is 29.8 Å². The monoisotopic (exact) mass is 257 g/mol. The van der Waals surface area contributed by atoms with Crippen LogP contribution in [0.4, 0.5) is 0 Å². The molecule has 2 fully saturated rings. The Kier molecular flexibility index (Phi) is 3.69. The van der Waals surface area contributed by atoms with E-state index in [1.165, 1.54) is 24.8 Å². The summed E-state index contributed by atoms with van der Waals surface area (Å²) in [5.74, 6) is 1.15. The number of hydrogen-bond acceptors (Lipinski definition) is 2. The summed E-state index contributed by atoms with van der Waals surface area (Å²) in [7, 11) is 0. The van der Waals surface area contributed by atoms with Crippen molar-refractivity contribution in [3.8, 4) is 0 Å². The van der Waals surface area contributed by atoms with Gasteiger partial charge in [0.15, 0.2) is 5.78 Å². The van der Waals surface area contributed by atoms with Gasteiger partial charge in [0.1, 0.15) is 0 Å². The number of aryl methyl sites for hydroxylation is 1. The molecule has 0 amide bonds. The van der Waals surface area contributed by atoms with Gasteiger partial charge in [0, 0.05) is 18.2 Å². The van der Waals surface area contributed by atoms with Gasteiger partial charge < -0.3 is 0 Å². The Morgan fingerprint density at radius 2 is 2.05 bits per heavy atom. The normalized spacial score (nSPS) is 25.9. The number of Topliss-reactive ketones (excluding diaryl/α,β-unsaturated/α-hetero) is 1. The Bertz CT molecular complexity index is 451. The number of piperidine rings is 1. The third-order valence-electron chi connectivity index (χ3n) is 4.68. The van der Waals surface area contributed by atoms with Gasteiger partial charge in [0.05, 0.1) is 6.54 Å². The first-order valence-corrected chi connectivity index (χ1v) is 7.62. The Labute approximate surface area is 115 Å². The molecule has 1 aliphatic carbocycles. The summed E-state index contributed by atoms with van der Waals surface area (Å²) in [5.41, 5.74) is 2.21.